The highest BCUT2D eigenvalue weighted by atomic mass is 35.5. The number of rotatable bonds is 4. The Bertz CT molecular complexity index is 899. The van der Waals surface area contributed by atoms with Crippen molar-refractivity contribution in [2.24, 2.45) is 34.5 Å². The van der Waals surface area contributed by atoms with Crippen LogP contribution in [0.2, 0.25) is 0 Å². The van der Waals surface area contributed by atoms with Crippen molar-refractivity contribution < 1.29 is 24.2 Å². The molecular formula is C25H33ClO5S. The third kappa shape index (κ3) is 3.19. The van der Waals surface area contributed by atoms with Gasteiger partial charge < -0.3 is 9.84 Å². The second kappa shape index (κ2) is 8.28. The van der Waals surface area contributed by atoms with Crippen LogP contribution in [-0.2, 0) is 19.1 Å². The van der Waals surface area contributed by atoms with Crippen molar-refractivity contribution in [3.8, 4) is 0 Å². The summed E-state index contributed by atoms with van der Waals surface area (Å²) in [6.07, 6.45) is 7.64. The number of alkyl halides is 1. The van der Waals surface area contributed by atoms with Crippen LogP contribution < -0.4 is 0 Å². The van der Waals surface area contributed by atoms with Gasteiger partial charge in [-0.05, 0) is 49.7 Å². The summed E-state index contributed by atoms with van der Waals surface area (Å²) in [4.78, 5) is 38.1. The van der Waals surface area contributed by atoms with Gasteiger partial charge in [-0.25, -0.2) is 0 Å². The van der Waals surface area contributed by atoms with Crippen molar-refractivity contribution in [1.29, 1.82) is 0 Å². The van der Waals surface area contributed by atoms with E-state index < -0.39 is 23.1 Å². The van der Waals surface area contributed by atoms with Crippen molar-refractivity contribution in [3.63, 3.8) is 0 Å². The summed E-state index contributed by atoms with van der Waals surface area (Å²) in [5.41, 5.74) is -1.26. The smallest absolute Gasteiger partial charge is 0.306 e. The second-order valence-electron chi connectivity index (χ2n) is 10.5. The predicted molar refractivity (Wildman–Crippen MR) is 125 cm³/mol. The Labute approximate surface area is 199 Å². The van der Waals surface area contributed by atoms with E-state index in [-0.39, 0.29) is 51.6 Å². The average Bonchev–Trinajstić information content (AvgIpc) is 2.95. The normalized spacial score (nSPS) is 44.9. The molecule has 8 atom stereocenters. The van der Waals surface area contributed by atoms with E-state index in [2.05, 4.69) is 6.92 Å². The fraction of sp³-hybridized carbons (Fsp3) is 0.720. The molecule has 0 spiro atoms. The first-order valence-corrected chi connectivity index (χ1v) is 13.1. The summed E-state index contributed by atoms with van der Waals surface area (Å²) in [6.45, 7) is 7.88. The minimum absolute atomic E-state index is 0.00902. The summed E-state index contributed by atoms with van der Waals surface area (Å²) < 4.78 is 6.07. The molecule has 0 aromatic heterocycles. The number of thioether (sulfide) groups is 1. The minimum atomic E-state index is -1.30. The Morgan fingerprint density at radius 1 is 1.34 bits per heavy atom. The Morgan fingerprint density at radius 3 is 2.72 bits per heavy atom. The van der Waals surface area contributed by atoms with Crippen molar-refractivity contribution in [1.82, 2.24) is 0 Å². The maximum atomic E-state index is 13.5. The van der Waals surface area contributed by atoms with Crippen LogP contribution in [0.3, 0.4) is 0 Å². The summed E-state index contributed by atoms with van der Waals surface area (Å²) >= 11 is 6.93. The van der Waals surface area contributed by atoms with E-state index in [1.54, 1.807) is 19.1 Å². The number of ether oxygens (including phenoxy) is 1. The Balaban J connectivity index is 1.79. The molecule has 0 aromatic rings. The number of halogens is 1. The summed E-state index contributed by atoms with van der Waals surface area (Å²) in [7, 11) is 0. The van der Waals surface area contributed by atoms with E-state index in [4.69, 9.17) is 16.3 Å². The van der Waals surface area contributed by atoms with Crippen LogP contribution in [0, 0.1) is 34.5 Å². The lowest BCUT2D eigenvalue weighted by molar-refractivity contribution is -0.199. The second-order valence-corrected chi connectivity index (χ2v) is 12.0. The lowest BCUT2D eigenvalue weighted by Crippen LogP contribution is -2.63. The highest BCUT2D eigenvalue weighted by molar-refractivity contribution is 8.14. The number of hydrogen-bond acceptors (Lipinski definition) is 6. The maximum absolute atomic E-state index is 13.5. The predicted octanol–water partition coefficient (Wildman–Crippen LogP) is 4.66. The Hall–Kier alpha value is -1.11. The van der Waals surface area contributed by atoms with E-state index in [1.165, 1.54) is 0 Å². The molecule has 32 heavy (non-hydrogen) atoms. The molecule has 3 fully saturated rings. The maximum Gasteiger partial charge on any atom is 0.306 e. The van der Waals surface area contributed by atoms with Gasteiger partial charge >= 0.3 is 5.97 Å². The van der Waals surface area contributed by atoms with Crippen LogP contribution in [-0.4, -0.2) is 38.9 Å². The molecule has 176 valence electrons. The topological polar surface area (TPSA) is 80.7 Å². The van der Waals surface area contributed by atoms with Crippen molar-refractivity contribution in [2.45, 2.75) is 71.5 Å². The molecule has 5 nitrogen and oxygen atoms in total. The fourth-order valence-corrected chi connectivity index (χ4v) is 8.83. The van der Waals surface area contributed by atoms with Gasteiger partial charge in [-0.2, -0.15) is 0 Å². The minimum Gasteiger partial charge on any atom is -0.449 e. The van der Waals surface area contributed by atoms with Crippen LogP contribution in [0.1, 0.15) is 59.8 Å². The van der Waals surface area contributed by atoms with Crippen molar-refractivity contribution in [3.05, 3.63) is 23.8 Å². The van der Waals surface area contributed by atoms with Crippen LogP contribution in [0.5, 0.6) is 0 Å². The SMILES string of the molecule is CCC(=O)O[C@]1(C(=O)SCCl)[C@@H](C)C[C@H]2[C@@H]3CCC4=CC(=O)C=C[C@]4(C)[C@H]3[C@@H](O)C[C@@]21C. The first kappa shape index (κ1) is 24.0. The van der Waals surface area contributed by atoms with E-state index in [9.17, 15) is 19.5 Å². The van der Waals surface area contributed by atoms with Gasteiger partial charge in [0, 0.05) is 29.1 Å². The molecule has 0 heterocycles. The molecule has 4 aliphatic rings. The molecular weight excluding hydrogens is 448 g/mol. The van der Waals surface area contributed by atoms with Gasteiger partial charge in [-0.1, -0.05) is 51.1 Å². The molecule has 0 bridgehead atoms. The van der Waals surface area contributed by atoms with Gasteiger partial charge in [-0.15, -0.1) is 11.6 Å². The molecule has 0 unspecified atom stereocenters. The van der Waals surface area contributed by atoms with E-state index in [0.29, 0.717) is 6.42 Å². The number of esters is 1. The zero-order valence-electron chi connectivity index (χ0n) is 19.2. The molecule has 0 aliphatic heterocycles. The van der Waals surface area contributed by atoms with Crippen LogP contribution in [0.25, 0.3) is 0 Å². The number of fused-ring (bicyclic) bond motifs is 5. The van der Waals surface area contributed by atoms with E-state index in [1.807, 2.05) is 19.9 Å². The van der Waals surface area contributed by atoms with E-state index in [0.717, 1.165) is 36.6 Å². The van der Waals surface area contributed by atoms with Crippen LogP contribution >= 0.6 is 23.4 Å². The third-order valence-corrected chi connectivity index (χ3v) is 10.1. The number of ketones is 1. The fourth-order valence-electron chi connectivity index (χ4n) is 7.75. The molecule has 4 aliphatic carbocycles. The Kier molecular flexibility index (Phi) is 6.22. The molecule has 4 rings (SSSR count). The number of carbonyl (C=O) groups is 3. The highest BCUT2D eigenvalue weighted by Crippen LogP contribution is 2.69. The Morgan fingerprint density at radius 2 is 2.06 bits per heavy atom. The average molecular weight is 481 g/mol. The van der Waals surface area contributed by atoms with Crippen molar-refractivity contribution >= 4 is 40.2 Å². The standard InChI is InChI=1S/C25H33ClO5S/c1-5-20(29)31-25(22(30)32-13-26)14(2)10-18-17-7-6-15-11-16(27)8-9-23(15,3)21(17)19(28)12-24(18,25)4/h8-9,11,14,17-19,21,28H,5-7,10,12-13H2,1-4H3/t14-,17-,18-,19-,21+,23-,24-,25-/m0/s1. The lowest BCUT2D eigenvalue weighted by atomic mass is 9.46. The molecule has 0 amide bonds. The number of aliphatic hydroxyl groups excluding tert-OH is 1. The molecule has 0 aromatic carbocycles. The van der Waals surface area contributed by atoms with Crippen molar-refractivity contribution in [2.75, 3.05) is 5.21 Å². The van der Waals surface area contributed by atoms with Crippen LogP contribution in [0.15, 0.2) is 23.8 Å². The quantitative estimate of drug-likeness (QED) is 0.465. The zero-order chi connectivity index (χ0) is 23.5. The molecule has 1 N–H and O–H groups in total. The number of carbonyl (C=O) groups excluding carboxylic acids is 3. The van der Waals surface area contributed by atoms with Gasteiger partial charge in [0.25, 0.3) is 0 Å². The van der Waals surface area contributed by atoms with E-state index >= 15 is 0 Å². The summed E-state index contributed by atoms with van der Waals surface area (Å²) in [5.74, 6) is -0.300. The number of hydrogen-bond donors (Lipinski definition) is 1. The van der Waals surface area contributed by atoms with Crippen LogP contribution in [0.4, 0.5) is 0 Å². The first-order valence-electron chi connectivity index (χ1n) is 11.6. The zero-order valence-corrected chi connectivity index (χ0v) is 20.8. The third-order valence-electron chi connectivity index (χ3n) is 9.09. The summed E-state index contributed by atoms with van der Waals surface area (Å²) in [5, 5.41) is 11.5. The molecule has 7 heteroatoms. The number of allylic oxidation sites excluding steroid dienone is 4. The van der Waals surface area contributed by atoms with Gasteiger partial charge in [0.1, 0.15) is 0 Å². The lowest BCUT2D eigenvalue weighted by Gasteiger charge is -2.59. The highest BCUT2D eigenvalue weighted by Gasteiger charge is 2.72. The monoisotopic (exact) mass is 480 g/mol. The van der Waals surface area contributed by atoms with Gasteiger partial charge in [-0.3, -0.25) is 14.4 Å². The molecule has 0 saturated heterocycles. The summed E-state index contributed by atoms with van der Waals surface area (Å²) in [6, 6.07) is 0. The first-order chi connectivity index (χ1) is 15.0. The number of aliphatic hydroxyl groups is 1. The van der Waals surface area contributed by atoms with Gasteiger partial charge in [0.05, 0.1) is 11.3 Å². The molecule has 0 radical (unpaired) electrons. The largest absolute Gasteiger partial charge is 0.449 e. The molecule has 3 saturated carbocycles. The van der Waals surface area contributed by atoms with Gasteiger partial charge in [0.2, 0.25) is 5.12 Å². The van der Waals surface area contributed by atoms with Gasteiger partial charge in [0.15, 0.2) is 11.4 Å².